The molecule has 1 atom stereocenters. The number of hydrogen-bond acceptors (Lipinski definition) is 2. The van der Waals surface area contributed by atoms with Gasteiger partial charge in [-0.2, -0.15) is 4.39 Å². The van der Waals surface area contributed by atoms with Gasteiger partial charge in [-0.15, -0.1) is 0 Å². The molecule has 0 fully saturated rings. The summed E-state index contributed by atoms with van der Waals surface area (Å²) < 4.78 is 79.8. The summed E-state index contributed by atoms with van der Waals surface area (Å²) in [5.41, 5.74) is -0.798. The van der Waals surface area contributed by atoms with Gasteiger partial charge in [-0.05, 0) is 63.7 Å². The monoisotopic (exact) mass is 596 g/mol. The average Bonchev–Trinajstić information content (AvgIpc) is 2.92. The lowest BCUT2D eigenvalue weighted by molar-refractivity contribution is 0.212. The first kappa shape index (κ1) is 19.9. The van der Waals surface area contributed by atoms with Crippen LogP contribution >= 0.6 is 45.2 Å². The van der Waals surface area contributed by atoms with Crippen LogP contribution in [-0.2, 0) is 5.41 Å². The van der Waals surface area contributed by atoms with Gasteiger partial charge in [0.15, 0.2) is 29.0 Å². The van der Waals surface area contributed by atoms with Crippen molar-refractivity contribution in [2.45, 2.75) is 18.8 Å². The largest absolute Gasteiger partial charge is 0.491 e. The van der Waals surface area contributed by atoms with Gasteiger partial charge in [-0.1, -0.05) is 6.92 Å². The number of fused-ring (bicyclic) bond motifs is 1. The molecule has 2 aromatic rings. The fourth-order valence-corrected chi connectivity index (χ4v) is 4.18. The van der Waals surface area contributed by atoms with Crippen LogP contribution in [0.3, 0.4) is 0 Å². The van der Waals surface area contributed by atoms with Gasteiger partial charge in [0.25, 0.3) is 0 Å². The summed E-state index contributed by atoms with van der Waals surface area (Å²) in [6.45, 7) is 1.65. The van der Waals surface area contributed by atoms with Gasteiger partial charge in [-0.25, -0.2) is 17.6 Å². The molecule has 0 saturated heterocycles. The van der Waals surface area contributed by atoms with Crippen molar-refractivity contribution in [1.82, 2.24) is 0 Å². The summed E-state index contributed by atoms with van der Waals surface area (Å²) in [6.07, 6.45) is 0.158. The Morgan fingerprint density at radius 2 is 1.62 bits per heavy atom. The van der Waals surface area contributed by atoms with Crippen LogP contribution < -0.4 is 9.47 Å². The minimum Gasteiger partial charge on any atom is -0.491 e. The number of benzene rings is 2. The fourth-order valence-electron chi connectivity index (χ4n) is 2.82. The molecule has 0 aromatic heterocycles. The summed E-state index contributed by atoms with van der Waals surface area (Å²) in [5.74, 6) is -6.46. The van der Waals surface area contributed by atoms with Crippen molar-refractivity contribution in [3.05, 3.63) is 53.9 Å². The molecule has 0 radical (unpaired) electrons. The van der Waals surface area contributed by atoms with E-state index in [1.54, 1.807) is 29.5 Å². The highest BCUT2D eigenvalue weighted by Gasteiger charge is 2.41. The number of halogens is 7. The van der Waals surface area contributed by atoms with Gasteiger partial charge in [0.1, 0.15) is 5.75 Å². The Morgan fingerprint density at radius 1 is 1.00 bits per heavy atom. The van der Waals surface area contributed by atoms with Crippen LogP contribution in [-0.4, -0.2) is 13.2 Å². The molecule has 0 unspecified atom stereocenters. The zero-order valence-corrected chi connectivity index (χ0v) is 17.6. The highest BCUT2D eigenvalue weighted by Crippen LogP contribution is 2.45. The SMILES string of the molecule is C[C@@]1(CCOc2c(I)cc(F)c(F)c2F)COc2c(I)cc(F)c(F)c21. The molecule has 1 heterocycles. The molecule has 1 aliphatic heterocycles. The van der Waals surface area contributed by atoms with Gasteiger partial charge in [0.2, 0.25) is 5.82 Å². The van der Waals surface area contributed by atoms with E-state index < -0.39 is 40.3 Å². The number of ether oxygens (including phenoxy) is 2. The molecule has 0 N–H and O–H groups in total. The quantitative estimate of drug-likeness (QED) is 0.195. The lowest BCUT2D eigenvalue weighted by Gasteiger charge is -2.23. The Hall–Kier alpha value is -0.850. The molecule has 0 spiro atoms. The van der Waals surface area contributed by atoms with Crippen molar-refractivity contribution < 1.29 is 31.4 Å². The predicted octanol–water partition coefficient (Wildman–Crippen LogP) is 5.71. The Bertz CT molecular complexity index is 890. The summed E-state index contributed by atoms with van der Waals surface area (Å²) in [7, 11) is 0. The van der Waals surface area contributed by atoms with E-state index in [1.165, 1.54) is 0 Å². The lowest BCUT2D eigenvalue weighted by Crippen LogP contribution is -2.28. The van der Waals surface area contributed by atoms with Crippen LogP contribution in [0, 0.1) is 36.2 Å². The summed E-state index contributed by atoms with van der Waals surface area (Å²) in [5, 5.41) is 0. The second kappa shape index (κ2) is 7.28. The molecule has 0 bridgehead atoms. The summed E-state index contributed by atoms with van der Waals surface area (Å²) >= 11 is 3.48. The number of hydrogen-bond donors (Lipinski definition) is 0. The van der Waals surface area contributed by atoms with Crippen LogP contribution in [0.1, 0.15) is 18.9 Å². The first-order valence-electron chi connectivity index (χ1n) is 7.42. The molecular weight excluding hydrogens is 585 g/mol. The van der Waals surface area contributed by atoms with E-state index >= 15 is 0 Å². The second-order valence-electron chi connectivity index (χ2n) is 6.10. The third kappa shape index (κ3) is 3.36. The normalized spacial score (nSPS) is 18.6. The molecule has 0 amide bonds. The Labute approximate surface area is 173 Å². The van der Waals surface area contributed by atoms with Gasteiger partial charge >= 0.3 is 0 Å². The van der Waals surface area contributed by atoms with Crippen molar-refractivity contribution in [3.63, 3.8) is 0 Å². The van der Waals surface area contributed by atoms with E-state index in [-0.39, 0.29) is 34.5 Å². The van der Waals surface area contributed by atoms with Gasteiger partial charge in [-0.3, -0.25) is 0 Å². The van der Waals surface area contributed by atoms with Crippen molar-refractivity contribution in [1.29, 1.82) is 0 Å². The minimum atomic E-state index is -1.62. The van der Waals surface area contributed by atoms with E-state index in [0.29, 0.717) is 3.57 Å². The topological polar surface area (TPSA) is 18.5 Å². The van der Waals surface area contributed by atoms with E-state index in [9.17, 15) is 22.0 Å². The van der Waals surface area contributed by atoms with Crippen LogP contribution in [0.4, 0.5) is 22.0 Å². The third-order valence-corrected chi connectivity index (χ3v) is 5.84. The number of rotatable bonds is 4. The van der Waals surface area contributed by atoms with Crippen LogP contribution in [0.2, 0.25) is 0 Å². The summed E-state index contributed by atoms with van der Waals surface area (Å²) in [4.78, 5) is 0. The first-order valence-corrected chi connectivity index (χ1v) is 9.58. The van der Waals surface area contributed by atoms with Crippen LogP contribution in [0.15, 0.2) is 12.1 Å². The summed E-state index contributed by atoms with van der Waals surface area (Å²) in [6, 6.07) is 1.87. The fraction of sp³-hybridized carbons (Fsp3) is 0.294. The molecular formula is C17H11F5I2O2. The average molecular weight is 596 g/mol. The Morgan fingerprint density at radius 3 is 2.31 bits per heavy atom. The predicted molar refractivity (Wildman–Crippen MR) is 101 cm³/mol. The van der Waals surface area contributed by atoms with Crippen molar-refractivity contribution >= 4 is 45.2 Å². The molecule has 140 valence electrons. The van der Waals surface area contributed by atoms with Crippen LogP contribution in [0.25, 0.3) is 0 Å². The van der Waals surface area contributed by atoms with Crippen molar-refractivity contribution in [2.24, 2.45) is 0 Å². The van der Waals surface area contributed by atoms with Crippen LogP contribution in [0.5, 0.6) is 11.5 Å². The maximum Gasteiger partial charge on any atom is 0.204 e. The van der Waals surface area contributed by atoms with E-state index in [2.05, 4.69) is 0 Å². The van der Waals surface area contributed by atoms with E-state index in [0.717, 1.165) is 12.1 Å². The molecule has 9 heteroatoms. The zero-order chi connectivity index (χ0) is 19.2. The van der Waals surface area contributed by atoms with E-state index in [4.69, 9.17) is 9.47 Å². The third-order valence-electron chi connectivity index (χ3n) is 4.24. The maximum atomic E-state index is 14.3. The standard InChI is InChI=1S/C17H11F5I2O2/c1-17(6-26-15-9(23)4-7(18)12(20)11(15)17)2-3-25-16-10(24)5-8(19)13(21)14(16)22/h4-5H,2-3,6H2,1H3/t17-/m1/s1. The first-order chi connectivity index (χ1) is 12.2. The van der Waals surface area contributed by atoms with E-state index in [1.807, 2.05) is 22.6 Å². The smallest absolute Gasteiger partial charge is 0.204 e. The Kier molecular flexibility index (Phi) is 5.58. The molecule has 1 aliphatic rings. The molecule has 2 nitrogen and oxygen atoms in total. The van der Waals surface area contributed by atoms with Gasteiger partial charge in [0.05, 0.1) is 20.4 Å². The second-order valence-corrected chi connectivity index (χ2v) is 8.43. The zero-order valence-electron chi connectivity index (χ0n) is 13.2. The Balaban J connectivity index is 1.82. The van der Waals surface area contributed by atoms with Gasteiger partial charge < -0.3 is 9.47 Å². The molecule has 3 rings (SSSR count). The maximum absolute atomic E-state index is 14.3. The van der Waals surface area contributed by atoms with Crippen molar-refractivity contribution in [3.8, 4) is 11.5 Å². The molecule has 0 aliphatic carbocycles. The minimum absolute atomic E-state index is 0.0685. The highest BCUT2D eigenvalue weighted by molar-refractivity contribution is 14.1. The molecule has 26 heavy (non-hydrogen) atoms. The van der Waals surface area contributed by atoms with Gasteiger partial charge in [0, 0.05) is 11.0 Å². The molecule has 2 aromatic carbocycles. The van der Waals surface area contributed by atoms with Crippen molar-refractivity contribution in [2.75, 3.05) is 13.2 Å². The lowest BCUT2D eigenvalue weighted by atomic mass is 9.81. The highest BCUT2D eigenvalue weighted by atomic mass is 127. The molecule has 0 saturated carbocycles.